The molecule has 1 amide bonds. The molecule has 18 heavy (non-hydrogen) atoms. The molecule has 2 aromatic rings. The third kappa shape index (κ3) is 2.02. The first-order valence-electron chi connectivity index (χ1n) is 5.40. The molecule has 2 N–H and O–H groups in total. The van der Waals surface area contributed by atoms with E-state index in [9.17, 15) is 4.79 Å². The summed E-state index contributed by atoms with van der Waals surface area (Å²) in [5.41, 5.74) is 2.69. The molecule has 90 valence electrons. The number of nitrogens with one attached hydrogen (secondary N) is 2. The van der Waals surface area contributed by atoms with E-state index in [1.54, 1.807) is 18.5 Å². The molecule has 1 aromatic heterocycles. The van der Waals surface area contributed by atoms with Gasteiger partial charge in [0.05, 0.1) is 11.0 Å². The quantitative estimate of drug-likeness (QED) is 0.525. The topological polar surface area (TPSA) is 66.9 Å². The molecule has 2 heterocycles. The number of amides is 1. The predicted octanol–water partition coefficient (Wildman–Crippen LogP) is 0.903. The zero-order valence-corrected chi connectivity index (χ0v) is 10.2. The van der Waals surface area contributed by atoms with Crippen LogP contribution in [0.2, 0.25) is 0 Å². The summed E-state index contributed by atoms with van der Waals surface area (Å²) in [7, 11) is 0. The smallest absolute Gasteiger partial charge is 0.269 e. The lowest BCUT2D eigenvalue weighted by Gasteiger charge is -2.01. The standard InChI is InChI=1S/C12H10N4OS/c17-11-10(15-12(18)16-11)6-7-1-2-8-9(5-7)14-4-3-13-8/h1-6,12,15,18H,(H,16,17)/b10-6-. The fourth-order valence-corrected chi connectivity index (χ4v) is 2.05. The van der Waals surface area contributed by atoms with Crippen molar-refractivity contribution < 1.29 is 4.79 Å². The summed E-state index contributed by atoms with van der Waals surface area (Å²) in [4.78, 5) is 19.9. The van der Waals surface area contributed by atoms with Crippen molar-refractivity contribution in [3.05, 3.63) is 41.9 Å². The predicted molar refractivity (Wildman–Crippen MR) is 71.6 cm³/mol. The maximum atomic E-state index is 11.5. The second-order valence-electron chi connectivity index (χ2n) is 3.88. The number of rotatable bonds is 1. The highest BCUT2D eigenvalue weighted by Crippen LogP contribution is 2.15. The Morgan fingerprint density at radius 3 is 2.67 bits per heavy atom. The van der Waals surface area contributed by atoms with E-state index in [2.05, 4.69) is 33.2 Å². The molecule has 1 aliphatic rings. The van der Waals surface area contributed by atoms with E-state index in [1.807, 2.05) is 18.2 Å². The van der Waals surface area contributed by atoms with Crippen LogP contribution < -0.4 is 10.6 Å². The average molecular weight is 258 g/mol. The lowest BCUT2D eigenvalue weighted by atomic mass is 10.1. The Morgan fingerprint density at radius 1 is 1.17 bits per heavy atom. The maximum Gasteiger partial charge on any atom is 0.269 e. The first kappa shape index (κ1) is 11.0. The van der Waals surface area contributed by atoms with Gasteiger partial charge in [0.25, 0.3) is 5.91 Å². The molecule has 0 saturated carbocycles. The Balaban J connectivity index is 2.00. The molecule has 1 atom stereocenters. The van der Waals surface area contributed by atoms with Gasteiger partial charge in [-0.3, -0.25) is 14.8 Å². The van der Waals surface area contributed by atoms with Gasteiger partial charge >= 0.3 is 0 Å². The SMILES string of the molecule is O=C1NC(S)N/C1=C\c1ccc2nccnc2c1. The number of benzene rings is 1. The van der Waals surface area contributed by atoms with E-state index >= 15 is 0 Å². The van der Waals surface area contributed by atoms with Crippen LogP contribution in [0.5, 0.6) is 0 Å². The molecule has 0 bridgehead atoms. The Morgan fingerprint density at radius 2 is 1.94 bits per heavy atom. The number of hydrogen-bond donors (Lipinski definition) is 3. The first-order chi connectivity index (χ1) is 8.72. The summed E-state index contributed by atoms with van der Waals surface area (Å²) >= 11 is 4.13. The molecule has 3 rings (SSSR count). The van der Waals surface area contributed by atoms with Crippen LogP contribution in [0.25, 0.3) is 17.1 Å². The monoisotopic (exact) mass is 258 g/mol. The molecule has 1 fully saturated rings. The minimum atomic E-state index is -0.330. The Bertz CT molecular complexity index is 655. The van der Waals surface area contributed by atoms with Crippen LogP contribution >= 0.6 is 12.6 Å². The number of fused-ring (bicyclic) bond motifs is 1. The second-order valence-corrected chi connectivity index (χ2v) is 4.40. The van der Waals surface area contributed by atoms with Crippen LogP contribution in [-0.4, -0.2) is 21.4 Å². The number of carbonyl (C=O) groups is 1. The maximum absolute atomic E-state index is 11.5. The van der Waals surface area contributed by atoms with E-state index in [4.69, 9.17) is 0 Å². The van der Waals surface area contributed by atoms with Gasteiger partial charge in [-0.2, -0.15) is 0 Å². The first-order valence-corrected chi connectivity index (χ1v) is 5.92. The molecule has 1 saturated heterocycles. The van der Waals surface area contributed by atoms with Gasteiger partial charge in [-0.15, -0.1) is 12.6 Å². The molecule has 6 heteroatoms. The normalized spacial score (nSPS) is 21.1. The fraction of sp³-hybridized carbons (Fsp3) is 0.0833. The van der Waals surface area contributed by atoms with E-state index in [1.165, 1.54) is 0 Å². The third-order valence-electron chi connectivity index (χ3n) is 2.61. The van der Waals surface area contributed by atoms with E-state index in [0.717, 1.165) is 16.6 Å². The summed E-state index contributed by atoms with van der Waals surface area (Å²) in [5.74, 6) is -0.158. The van der Waals surface area contributed by atoms with Crippen LogP contribution in [-0.2, 0) is 4.79 Å². The molecule has 0 aliphatic carbocycles. The number of hydrogen-bond acceptors (Lipinski definition) is 5. The van der Waals surface area contributed by atoms with Gasteiger partial charge in [-0.1, -0.05) is 6.07 Å². The van der Waals surface area contributed by atoms with Gasteiger partial charge in [0.1, 0.15) is 11.2 Å². The summed E-state index contributed by atoms with van der Waals surface area (Å²) in [6.45, 7) is 0. The van der Waals surface area contributed by atoms with Crippen LogP contribution in [0.15, 0.2) is 36.3 Å². The van der Waals surface area contributed by atoms with Crippen LogP contribution in [0, 0.1) is 0 Å². The number of carbonyl (C=O) groups excluding carboxylic acids is 1. The van der Waals surface area contributed by atoms with Crippen molar-refractivity contribution in [2.45, 2.75) is 5.50 Å². The summed E-state index contributed by atoms with van der Waals surface area (Å²) in [5, 5.41) is 5.57. The van der Waals surface area contributed by atoms with Crippen molar-refractivity contribution in [1.82, 2.24) is 20.6 Å². The minimum Gasteiger partial charge on any atom is -0.352 e. The summed E-state index contributed by atoms with van der Waals surface area (Å²) < 4.78 is 0. The van der Waals surface area contributed by atoms with Crippen molar-refractivity contribution in [3.63, 3.8) is 0 Å². The van der Waals surface area contributed by atoms with Crippen LogP contribution in [0.4, 0.5) is 0 Å². The van der Waals surface area contributed by atoms with Gasteiger partial charge in [0.15, 0.2) is 0 Å². The van der Waals surface area contributed by atoms with E-state index < -0.39 is 0 Å². The Hall–Kier alpha value is -2.08. The van der Waals surface area contributed by atoms with Crippen molar-refractivity contribution in [2.75, 3.05) is 0 Å². The highest BCUT2D eigenvalue weighted by atomic mass is 32.1. The Labute approximate surface area is 109 Å². The third-order valence-corrected chi connectivity index (χ3v) is 2.87. The largest absolute Gasteiger partial charge is 0.352 e. The van der Waals surface area contributed by atoms with Crippen molar-refractivity contribution in [2.24, 2.45) is 0 Å². The lowest BCUT2D eigenvalue weighted by Crippen LogP contribution is -2.25. The molecule has 1 aromatic carbocycles. The van der Waals surface area contributed by atoms with Crippen molar-refractivity contribution in [1.29, 1.82) is 0 Å². The van der Waals surface area contributed by atoms with Crippen LogP contribution in [0.3, 0.4) is 0 Å². The van der Waals surface area contributed by atoms with E-state index in [0.29, 0.717) is 5.70 Å². The number of thiol groups is 1. The van der Waals surface area contributed by atoms with E-state index in [-0.39, 0.29) is 11.4 Å². The van der Waals surface area contributed by atoms with Crippen molar-refractivity contribution >= 4 is 35.6 Å². The number of aromatic nitrogens is 2. The highest BCUT2D eigenvalue weighted by molar-refractivity contribution is 7.80. The molecule has 0 spiro atoms. The molecular formula is C12H10N4OS. The minimum absolute atomic E-state index is 0.158. The van der Waals surface area contributed by atoms with Gasteiger partial charge in [0, 0.05) is 12.4 Å². The number of nitrogens with zero attached hydrogens (tertiary/aromatic N) is 2. The van der Waals surface area contributed by atoms with Gasteiger partial charge < -0.3 is 10.6 Å². The zero-order valence-electron chi connectivity index (χ0n) is 9.29. The molecule has 0 radical (unpaired) electrons. The summed E-state index contributed by atoms with van der Waals surface area (Å²) in [6.07, 6.45) is 5.06. The highest BCUT2D eigenvalue weighted by Gasteiger charge is 2.21. The van der Waals surface area contributed by atoms with Crippen LogP contribution in [0.1, 0.15) is 5.56 Å². The molecule has 1 aliphatic heterocycles. The average Bonchev–Trinajstić information content (AvgIpc) is 2.68. The van der Waals surface area contributed by atoms with Gasteiger partial charge in [0.2, 0.25) is 0 Å². The van der Waals surface area contributed by atoms with Crippen molar-refractivity contribution in [3.8, 4) is 0 Å². The van der Waals surface area contributed by atoms with Gasteiger partial charge in [-0.25, -0.2) is 0 Å². The van der Waals surface area contributed by atoms with Gasteiger partial charge in [-0.05, 0) is 23.8 Å². The second kappa shape index (κ2) is 4.30. The summed E-state index contributed by atoms with van der Waals surface area (Å²) in [6, 6.07) is 5.65. The zero-order chi connectivity index (χ0) is 12.5. The fourth-order valence-electron chi connectivity index (χ4n) is 1.79. The molecule has 1 unspecified atom stereocenters. The molecule has 5 nitrogen and oxygen atoms in total. The lowest BCUT2D eigenvalue weighted by molar-refractivity contribution is -0.116. The Kier molecular flexibility index (Phi) is 2.64. The molecular weight excluding hydrogens is 248 g/mol.